The van der Waals surface area contributed by atoms with Crippen LogP contribution in [-0.2, 0) is 0 Å². The molecule has 0 aliphatic rings. The Hall–Kier alpha value is -2.04. The molecule has 0 saturated carbocycles. The quantitative estimate of drug-likeness (QED) is 0.473. The van der Waals surface area contributed by atoms with Gasteiger partial charge in [0.1, 0.15) is 0 Å². The van der Waals surface area contributed by atoms with E-state index in [9.17, 15) is 0 Å². The van der Waals surface area contributed by atoms with Crippen molar-refractivity contribution < 1.29 is 0 Å². The second-order valence-electron chi connectivity index (χ2n) is 5.24. The van der Waals surface area contributed by atoms with Crippen molar-refractivity contribution in [2.24, 2.45) is 0 Å². The lowest BCUT2D eigenvalue weighted by atomic mass is 10.0. The second kappa shape index (κ2) is 5.30. The molecule has 0 spiro atoms. The van der Waals surface area contributed by atoms with Crippen LogP contribution < -0.4 is 0 Å². The van der Waals surface area contributed by atoms with Gasteiger partial charge >= 0.3 is 0 Å². The Labute approximate surface area is 137 Å². The fourth-order valence-corrected chi connectivity index (χ4v) is 4.00. The lowest BCUT2D eigenvalue weighted by Crippen LogP contribution is -1.95. The Balaban J connectivity index is 2.07. The SMILES string of the molecule is Cc1nc2cc(-c3cccs3)cc(-c3cccs3)c2nc1C. The minimum absolute atomic E-state index is 0.970. The first-order valence-electron chi connectivity index (χ1n) is 7.09. The first-order valence-corrected chi connectivity index (χ1v) is 8.85. The summed E-state index contributed by atoms with van der Waals surface area (Å²) >= 11 is 3.50. The summed E-state index contributed by atoms with van der Waals surface area (Å²) in [4.78, 5) is 12.1. The van der Waals surface area contributed by atoms with E-state index in [1.54, 1.807) is 22.7 Å². The molecule has 3 aromatic heterocycles. The van der Waals surface area contributed by atoms with Gasteiger partial charge in [-0.05, 0) is 54.4 Å². The molecular weight excluding hydrogens is 308 g/mol. The van der Waals surface area contributed by atoms with E-state index < -0.39 is 0 Å². The monoisotopic (exact) mass is 322 g/mol. The van der Waals surface area contributed by atoms with Gasteiger partial charge in [-0.2, -0.15) is 0 Å². The fraction of sp³-hybridized carbons (Fsp3) is 0.111. The van der Waals surface area contributed by atoms with E-state index in [0.29, 0.717) is 0 Å². The molecule has 0 unspecified atom stereocenters. The van der Waals surface area contributed by atoms with Crippen molar-refractivity contribution in [2.45, 2.75) is 13.8 Å². The number of nitrogens with zero attached hydrogens (tertiary/aromatic N) is 2. The predicted octanol–water partition coefficient (Wildman–Crippen LogP) is 5.70. The highest BCUT2D eigenvalue weighted by molar-refractivity contribution is 7.14. The number of aryl methyl sites for hydroxylation is 2. The van der Waals surface area contributed by atoms with Crippen LogP contribution in [0.1, 0.15) is 11.4 Å². The highest BCUT2D eigenvalue weighted by Gasteiger charge is 2.12. The number of fused-ring (bicyclic) bond motifs is 1. The van der Waals surface area contributed by atoms with E-state index in [0.717, 1.165) is 22.4 Å². The van der Waals surface area contributed by atoms with E-state index >= 15 is 0 Å². The highest BCUT2D eigenvalue weighted by atomic mass is 32.1. The molecular formula is C18H14N2S2. The molecule has 0 fully saturated rings. The first-order chi connectivity index (χ1) is 10.7. The molecule has 2 nitrogen and oxygen atoms in total. The summed E-state index contributed by atoms with van der Waals surface area (Å²) in [6, 6.07) is 12.9. The number of hydrogen-bond acceptors (Lipinski definition) is 4. The molecule has 4 rings (SSSR count). The lowest BCUT2D eigenvalue weighted by Gasteiger charge is -2.09. The molecule has 0 amide bonds. The van der Waals surface area contributed by atoms with Gasteiger partial charge in [-0.15, -0.1) is 22.7 Å². The maximum atomic E-state index is 4.80. The minimum atomic E-state index is 0.970. The lowest BCUT2D eigenvalue weighted by molar-refractivity contribution is 1.10. The van der Waals surface area contributed by atoms with Crippen LogP contribution in [0, 0.1) is 13.8 Å². The standard InChI is InChI=1S/C18H14N2S2/c1-11-12(2)20-18-14(17-6-4-8-22-17)9-13(10-15(18)19-11)16-5-3-7-21-16/h3-10H,1-2H3. The topological polar surface area (TPSA) is 25.8 Å². The van der Waals surface area contributed by atoms with Gasteiger partial charge in [0.25, 0.3) is 0 Å². The van der Waals surface area contributed by atoms with Crippen LogP contribution >= 0.6 is 22.7 Å². The number of benzene rings is 1. The largest absolute Gasteiger partial charge is 0.250 e. The van der Waals surface area contributed by atoms with Crippen molar-refractivity contribution in [1.82, 2.24) is 9.97 Å². The first kappa shape index (κ1) is 13.6. The molecule has 1 aromatic carbocycles. The highest BCUT2D eigenvalue weighted by Crippen LogP contribution is 2.36. The van der Waals surface area contributed by atoms with Gasteiger partial charge in [0.15, 0.2) is 0 Å². The van der Waals surface area contributed by atoms with Gasteiger partial charge in [-0.1, -0.05) is 12.1 Å². The minimum Gasteiger partial charge on any atom is -0.250 e. The van der Waals surface area contributed by atoms with Gasteiger partial charge in [0.2, 0.25) is 0 Å². The summed E-state index contributed by atoms with van der Waals surface area (Å²) in [6.45, 7) is 4.04. The summed E-state index contributed by atoms with van der Waals surface area (Å²) in [5, 5.41) is 4.21. The Bertz CT molecular complexity index is 939. The fourth-order valence-electron chi connectivity index (χ4n) is 2.54. The number of aromatic nitrogens is 2. The van der Waals surface area contributed by atoms with Crippen LogP contribution in [0.3, 0.4) is 0 Å². The van der Waals surface area contributed by atoms with E-state index in [4.69, 9.17) is 9.97 Å². The zero-order chi connectivity index (χ0) is 15.1. The molecule has 0 radical (unpaired) electrons. The zero-order valence-electron chi connectivity index (χ0n) is 12.3. The normalized spacial score (nSPS) is 11.2. The van der Waals surface area contributed by atoms with Gasteiger partial charge in [-0.3, -0.25) is 0 Å². The van der Waals surface area contributed by atoms with E-state index in [1.165, 1.54) is 20.9 Å². The maximum Gasteiger partial charge on any atom is 0.0977 e. The van der Waals surface area contributed by atoms with E-state index in [2.05, 4.69) is 47.2 Å². The molecule has 0 N–H and O–H groups in total. The molecule has 4 heteroatoms. The maximum absolute atomic E-state index is 4.80. The van der Waals surface area contributed by atoms with Crippen LogP contribution in [0.15, 0.2) is 47.2 Å². The van der Waals surface area contributed by atoms with Gasteiger partial charge in [0.05, 0.1) is 22.4 Å². The van der Waals surface area contributed by atoms with Crippen molar-refractivity contribution >= 4 is 33.7 Å². The van der Waals surface area contributed by atoms with Crippen molar-refractivity contribution in [1.29, 1.82) is 0 Å². The Morgan fingerprint density at radius 2 is 1.50 bits per heavy atom. The summed E-state index contributed by atoms with van der Waals surface area (Å²) in [6.07, 6.45) is 0. The summed E-state index contributed by atoms with van der Waals surface area (Å²) < 4.78 is 0. The number of hydrogen-bond donors (Lipinski definition) is 0. The molecule has 3 heterocycles. The van der Waals surface area contributed by atoms with Crippen molar-refractivity contribution in [3.8, 4) is 20.9 Å². The smallest absolute Gasteiger partial charge is 0.0977 e. The van der Waals surface area contributed by atoms with Crippen molar-refractivity contribution in [3.63, 3.8) is 0 Å². The van der Waals surface area contributed by atoms with Crippen molar-refractivity contribution in [3.05, 3.63) is 58.5 Å². The molecule has 0 saturated heterocycles. The van der Waals surface area contributed by atoms with Crippen LogP contribution in [0.2, 0.25) is 0 Å². The second-order valence-corrected chi connectivity index (χ2v) is 7.14. The number of rotatable bonds is 2. The summed E-state index contributed by atoms with van der Waals surface area (Å²) in [5.41, 5.74) is 6.33. The Morgan fingerprint density at radius 1 is 0.818 bits per heavy atom. The molecule has 22 heavy (non-hydrogen) atoms. The van der Waals surface area contributed by atoms with Gasteiger partial charge in [-0.25, -0.2) is 9.97 Å². The molecule has 0 atom stereocenters. The zero-order valence-corrected chi connectivity index (χ0v) is 14.0. The molecule has 0 aliphatic heterocycles. The average molecular weight is 322 g/mol. The molecule has 0 aliphatic carbocycles. The Kier molecular flexibility index (Phi) is 3.28. The summed E-state index contributed by atoms with van der Waals surface area (Å²) in [7, 11) is 0. The third-order valence-corrected chi connectivity index (χ3v) is 5.60. The van der Waals surface area contributed by atoms with Crippen LogP contribution in [0.25, 0.3) is 31.9 Å². The van der Waals surface area contributed by atoms with Crippen LogP contribution in [0.4, 0.5) is 0 Å². The average Bonchev–Trinajstić information content (AvgIpc) is 3.21. The van der Waals surface area contributed by atoms with Gasteiger partial charge in [0, 0.05) is 15.3 Å². The van der Waals surface area contributed by atoms with Crippen LogP contribution in [-0.4, -0.2) is 9.97 Å². The Morgan fingerprint density at radius 3 is 2.18 bits per heavy atom. The molecule has 0 bridgehead atoms. The predicted molar refractivity (Wildman–Crippen MR) is 95.6 cm³/mol. The molecule has 108 valence electrons. The van der Waals surface area contributed by atoms with Gasteiger partial charge < -0.3 is 0 Å². The summed E-state index contributed by atoms with van der Waals surface area (Å²) in [5.74, 6) is 0. The van der Waals surface area contributed by atoms with Crippen molar-refractivity contribution in [2.75, 3.05) is 0 Å². The number of thiophene rings is 2. The third-order valence-electron chi connectivity index (χ3n) is 3.77. The molecule has 4 aromatic rings. The van der Waals surface area contributed by atoms with E-state index in [-0.39, 0.29) is 0 Å². The third kappa shape index (κ3) is 2.25. The van der Waals surface area contributed by atoms with E-state index in [1.807, 2.05) is 13.8 Å². The van der Waals surface area contributed by atoms with Crippen LogP contribution in [0.5, 0.6) is 0 Å².